The van der Waals surface area contributed by atoms with E-state index in [2.05, 4.69) is 0 Å². The minimum atomic E-state index is -1.08. The van der Waals surface area contributed by atoms with E-state index in [4.69, 9.17) is 90.0 Å². The third kappa shape index (κ3) is 12.5. The summed E-state index contributed by atoms with van der Waals surface area (Å²) >= 11 is 0. The quantitative estimate of drug-likeness (QED) is 0.151. The van der Waals surface area contributed by atoms with Gasteiger partial charge in [0, 0.05) is 68.3 Å². The van der Waals surface area contributed by atoms with Crippen LogP contribution in [-0.2, 0) is 0 Å². The molecule has 130 heavy (non-hydrogen) atoms. The van der Waals surface area contributed by atoms with Crippen LogP contribution in [0.1, 0.15) is 54.8 Å². The number of nitrogens with zero attached hydrogens (tertiary/aromatic N) is 2. The first-order chi connectivity index (χ1) is 81.1. The molecule has 0 radical (unpaired) electrons. The fraction of sp³-hybridized carbons (Fsp3) is 0. The van der Waals surface area contributed by atoms with Crippen molar-refractivity contribution in [1.82, 2.24) is 4.57 Å². The van der Waals surface area contributed by atoms with Gasteiger partial charge in [0.25, 0.3) is 26.9 Å². The maximum Gasteiger partial charge on any atom is 0.260 e. The Hall–Kier alpha value is -16.8. The lowest BCUT2D eigenvalue weighted by molar-refractivity contribution is 0.464. The van der Waals surface area contributed by atoms with E-state index in [1.807, 2.05) is 109 Å². The molecule has 0 saturated carbocycles. The zero-order valence-corrected chi connectivity index (χ0v) is 66.9. The fourth-order valence-corrected chi connectivity index (χ4v) is 18.3. The van der Waals surface area contributed by atoms with E-state index >= 15 is 0 Å². The van der Waals surface area contributed by atoms with Crippen LogP contribution < -0.4 is 108 Å². The van der Waals surface area contributed by atoms with Crippen molar-refractivity contribution in [2.24, 2.45) is 0 Å². The second-order valence-electron chi connectivity index (χ2n) is 30.8. The van der Waals surface area contributed by atoms with Gasteiger partial charge in [-0.15, -0.1) is 0 Å². The number of rotatable bonds is 6. The minimum Gasteiger partial charge on any atom is -0.458 e. The summed E-state index contributed by atoms with van der Waals surface area (Å²) in [5.41, 5.74) is 8.83. The Morgan fingerprint density at radius 3 is 0.892 bits per heavy atom. The molecule has 0 atom stereocenters. The number of ether oxygens (including phenoxy) is 8. The number of aromatic nitrogens is 1. The van der Waals surface area contributed by atoms with Crippen molar-refractivity contribution in [2.45, 2.75) is 0 Å². The van der Waals surface area contributed by atoms with Gasteiger partial charge in [-0.2, -0.15) is 0 Å². The maximum absolute atomic E-state index is 9.17. The van der Waals surface area contributed by atoms with Crippen LogP contribution in [0.15, 0.2) is 436 Å². The van der Waals surface area contributed by atoms with E-state index in [1.54, 1.807) is 84.9 Å². The molecule has 8 aliphatic heterocycles. The molecule has 0 aliphatic carbocycles. The van der Waals surface area contributed by atoms with Crippen LogP contribution >= 0.6 is 0 Å². The smallest absolute Gasteiger partial charge is 0.260 e. The lowest BCUT2D eigenvalue weighted by atomic mass is 9.34. The van der Waals surface area contributed by atoms with Crippen molar-refractivity contribution >= 4 is 153 Å². The van der Waals surface area contributed by atoms with Crippen molar-refractivity contribution < 1.29 is 92.7 Å². The first kappa shape index (κ1) is 44.9. The standard InChI is InChI=1S/C30H18BNO2.C30H20BNO2.C30H19BO2.C26H15BO2/c1-5-13-24-20(9-1)21-10-2-6-14-25(21)32(24)19-17-28-30-29(18-19)34-27-16-8-4-12-23(27)31(30)22-11-3-7-15-26(22)33-28;1-3-11-21(12-4-1)32(22-13-5-2-6-14-22)23-19-28-30-29(20-23)34-27-18-10-8-16-25(27)31(30)24-15-7-9-17-26(24)33-28;1-3-8-20(9-4-1)22-14-16-24-28(18-22)32-26-12-7-13-27-30(26)31(24)25-17-15-23(19-29(25)33-27)21-10-5-2-6-11-21;1-3-8-18-14-24-20(12-16(18)6-1)27-21-13-17-7-2-4-9-19(17)15-25(21)29-23-11-5-10-22(28-24)26(23)27/h1-18H;1-20H;1-19H;1-15H/i1D,2D,5D,6D,9D,10D,13D,14D;1D,2D,3D,4D,5D,6D,11D,12D,13D,14D;1D,2D,3D,4D,5D,6D,8D,9D,10D,11D;1D,2D,3D,4D,6D,7D,8D,9D,12D,13D,14D,15D. The van der Waals surface area contributed by atoms with Gasteiger partial charge in [-0.05, 0) is 197 Å². The van der Waals surface area contributed by atoms with Crippen LogP contribution in [0, 0.1) is 0 Å². The highest BCUT2D eigenvalue weighted by atomic mass is 16.5. The molecule has 606 valence electrons. The Morgan fingerprint density at radius 1 is 0.208 bits per heavy atom. The van der Waals surface area contributed by atoms with Gasteiger partial charge < -0.3 is 47.4 Å². The highest BCUT2D eigenvalue weighted by Crippen LogP contribution is 2.46. The highest BCUT2D eigenvalue weighted by Gasteiger charge is 2.46. The van der Waals surface area contributed by atoms with Crippen molar-refractivity contribution in [3.05, 3.63) is 436 Å². The molecule has 0 amide bonds. The number of fused-ring (bicyclic) bond motifs is 21. The molecule has 0 unspecified atom stereocenters. The molecule has 0 N–H and O–H groups in total. The topological polar surface area (TPSA) is 82.0 Å². The summed E-state index contributed by atoms with van der Waals surface area (Å²) in [6.45, 7) is -1.86. The van der Waals surface area contributed by atoms with Crippen LogP contribution in [0.2, 0.25) is 0 Å². The summed E-state index contributed by atoms with van der Waals surface area (Å²) in [5, 5.41) is -0.733. The number of anilines is 3. The molecule has 8 aliphatic rings. The number of benzene rings is 20. The predicted octanol–water partition coefficient (Wildman–Crippen LogP) is 21.9. The van der Waals surface area contributed by atoms with Crippen LogP contribution in [0.5, 0.6) is 92.0 Å². The van der Waals surface area contributed by atoms with E-state index in [9.17, 15) is 2.74 Å². The van der Waals surface area contributed by atoms with Crippen LogP contribution in [0.25, 0.3) is 71.3 Å². The molecule has 1 aromatic heterocycles. The van der Waals surface area contributed by atoms with Crippen molar-refractivity contribution in [1.29, 1.82) is 0 Å². The zero-order valence-electron chi connectivity index (χ0n) is 107. The second-order valence-corrected chi connectivity index (χ2v) is 30.8. The molecule has 20 aromatic carbocycles. The molecule has 29 rings (SSSR count). The van der Waals surface area contributed by atoms with Crippen molar-refractivity contribution in [3.63, 3.8) is 0 Å². The van der Waals surface area contributed by atoms with Gasteiger partial charge in [0.15, 0.2) is 0 Å². The molecular formula is C116H72B4N2O8. The summed E-state index contributed by atoms with van der Waals surface area (Å²) in [6.07, 6.45) is 0. The van der Waals surface area contributed by atoms with Crippen LogP contribution in [0.4, 0.5) is 17.1 Å². The Kier molecular flexibility index (Phi) is 10.5. The Morgan fingerprint density at radius 2 is 0.500 bits per heavy atom. The number of para-hydroxylation sites is 8. The summed E-state index contributed by atoms with van der Waals surface area (Å²) < 4.78 is 389. The Bertz CT molecular complexity index is 10200. The lowest BCUT2D eigenvalue weighted by Gasteiger charge is -2.34. The summed E-state index contributed by atoms with van der Waals surface area (Å²) in [5.74, 6) is 6.35. The molecule has 10 nitrogen and oxygen atoms in total. The Labute approximate surface area is 808 Å². The first-order valence-electron chi connectivity index (χ1n) is 60.9. The van der Waals surface area contributed by atoms with Gasteiger partial charge in [-0.1, -0.05) is 303 Å². The molecule has 0 bridgehead atoms. The van der Waals surface area contributed by atoms with Gasteiger partial charge in [0.2, 0.25) is 0 Å². The first-order valence-corrected chi connectivity index (χ1v) is 40.9. The predicted molar refractivity (Wildman–Crippen MR) is 531 cm³/mol. The van der Waals surface area contributed by atoms with E-state index < -0.39 is 187 Å². The van der Waals surface area contributed by atoms with Gasteiger partial charge in [0.05, 0.1) is 77.2 Å². The molecule has 0 fully saturated rings. The molecule has 0 spiro atoms. The molecule has 21 aromatic rings. The fourth-order valence-electron chi connectivity index (χ4n) is 18.3. The third-order valence-electron chi connectivity index (χ3n) is 23.7. The van der Waals surface area contributed by atoms with E-state index in [0.29, 0.717) is 96.7 Å². The van der Waals surface area contributed by atoms with Crippen molar-refractivity contribution in [3.8, 4) is 120 Å². The van der Waals surface area contributed by atoms with Gasteiger partial charge in [-0.25, -0.2) is 0 Å². The molecule has 0 saturated heterocycles. The zero-order chi connectivity index (χ0) is 120. The average molecular weight is 1710 g/mol. The van der Waals surface area contributed by atoms with Crippen LogP contribution in [-0.4, -0.2) is 31.4 Å². The third-order valence-corrected chi connectivity index (χ3v) is 23.7. The average Bonchev–Trinajstić information content (AvgIpc) is 0.972. The monoisotopic (exact) mass is 1700 g/mol. The molecular weight excluding hydrogens is 1590 g/mol. The van der Waals surface area contributed by atoms with Gasteiger partial charge in [0.1, 0.15) is 92.0 Å². The van der Waals surface area contributed by atoms with Gasteiger partial charge >= 0.3 is 0 Å². The minimum absolute atomic E-state index is 0.0183. The van der Waals surface area contributed by atoms with Crippen LogP contribution in [0.3, 0.4) is 0 Å². The van der Waals surface area contributed by atoms with E-state index in [1.165, 1.54) is 4.57 Å². The second kappa shape index (κ2) is 30.5. The van der Waals surface area contributed by atoms with Crippen molar-refractivity contribution in [2.75, 3.05) is 4.90 Å². The largest absolute Gasteiger partial charge is 0.458 e. The summed E-state index contributed by atoms with van der Waals surface area (Å²) in [4.78, 5) is 1.10. The maximum atomic E-state index is 9.17. The highest BCUT2D eigenvalue weighted by molar-refractivity contribution is 7.00. The normalized spacial score (nSPS) is 17.2. The van der Waals surface area contributed by atoms with Gasteiger partial charge in [-0.3, -0.25) is 0 Å². The Balaban J connectivity index is 0.000000110. The molecule has 9 heterocycles. The SMILES string of the molecule is [2H]c1c([2H])c([2H])c(-c2ccc3c(c2)Oc2cccc4c2B3c2ccc(-c3c([2H])c([2H])c([2H])c([2H])c3[2H])cc2O4)c([2H])c1[2H].[2H]c1c([2H])c([2H])c(N(c2cc3c4c(c2)Oc2ccccc2B4c2ccccc2O3)c2c([2H])c([2H])c([2H])c([2H])c2[2H])c([2H])c1[2H].[2H]c1c([2H])c([2H])c2c([2H])c3c(c([2H])c2c1[2H])Oc1cccc2c1B3c1c(c([2H])c3c([2H])c([2H])c([2H])c([2H])c3c1[2H])O2.[2H]c1c([2H])c([2H])c2c(c1[2H])c1c([2H])c([2H])c([2H])c([2H])c1n2-c1cc2c3c(c1)Oc1ccccc1B3c1ccccc1O2. The molecule has 14 heteroatoms. The lowest BCUT2D eigenvalue weighted by Crippen LogP contribution is -2.57. The summed E-state index contributed by atoms with van der Waals surface area (Å²) in [6, 6.07) is 38.5. The number of hydrogen-bond acceptors (Lipinski definition) is 9. The number of hydrogen-bond donors (Lipinski definition) is 0. The van der Waals surface area contributed by atoms with E-state index in [0.717, 1.165) is 48.6 Å². The summed E-state index contributed by atoms with van der Waals surface area (Å²) in [7, 11) is 0. The van der Waals surface area contributed by atoms with E-state index in [-0.39, 0.29) is 187 Å².